The van der Waals surface area contributed by atoms with Crippen molar-refractivity contribution in [2.75, 3.05) is 13.1 Å². The minimum absolute atomic E-state index is 0.218. The zero-order chi connectivity index (χ0) is 11.7. The monoisotopic (exact) mass is 230 g/mol. The van der Waals surface area contributed by atoms with E-state index in [-0.39, 0.29) is 5.54 Å². The molecule has 0 amide bonds. The van der Waals surface area contributed by atoms with Crippen LogP contribution in [0.25, 0.3) is 5.65 Å². The molecular weight excluding hydrogens is 212 g/mol. The lowest BCUT2D eigenvalue weighted by molar-refractivity contribution is 0.384. The largest absolute Gasteiger partial charge is 0.315 e. The zero-order valence-corrected chi connectivity index (χ0v) is 10.1. The third kappa shape index (κ3) is 2.18. The molecule has 90 valence electrons. The van der Waals surface area contributed by atoms with Gasteiger partial charge in [0.05, 0.1) is 5.69 Å². The first-order chi connectivity index (χ1) is 8.25. The summed E-state index contributed by atoms with van der Waals surface area (Å²) in [6.07, 6.45) is 5.30. The van der Waals surface area contributed by atoms with Crippen molar-refractivity contribution in [3.63, 3.8) is 0 Å². The first-order valence-corrected chi connectivity index (χ1v) is 6.14. The molecule has 1 aliphatic rings. The zero-order valence-electron chi connectivity index (χ0n) is 10.1. The quantitative estimate of drug-likeness (QED) is 0.832. The van der Waals surface area contributed by atoms with Crippen LogP contribution in [0.1, 0.15) is 19.0 Å². The standard InChI is InChI=1S/C13H18N4/c1-13(5-6-14-10-13)15-8-11-9-17-7-3-2-4-12(17)16-11/h2-4,7,9,14-15H,5-6,8,10H2,1H3. The Labute approximate surface area is 101 Å². The molecule has 1 saturated heterocycles. The Morgan fingerprint density at radius 1 is 1.53 bits per heavy atom. The molecule has 1 atom stereocenters. The van der Waals surface area contributed by atoms with Crippen LogP contribution in [0.5, 0.6) is 0 Å². The summed E-state index contributed by atoms with van der Waals surface area (Å²) in [5.74, 6) is 0. The molecule has 2 N–H and O–H groups in total. The molecule has 0 saturated carbocycles. The van der Waals surface area contributed by atoms with Crippen molar-refractivity contribution in [3.8, 4) is 0 Å². The number of nitrogens with zero attached hydrogens (tertiary/aromatic N) is 2. The van der Waals surface area contributed by atoms with E-state index in [9.17, 15) is 0 Å². The highest BCUT2D eigenvalue weighted by Gasteiger charge is 2.27. The fourth-order valence-electron chi connectivity index (χ4n) is 2.34. The molecule has 0 aliphatic carbocycles. The molecule has 1 unspecified atom stereocenters. The lowest BCUT2D eigenvalue weighted by Gasteiger charge is -2.23. The number of imidazole rings is 1. The molecular formula is C13H18N4. The second-order valence-corrected chi connectivity index (χ2v) is 5.04. The number of hydrogen-bond donors (Lipinski definition) is 2. The summed E-state index contributed by atoms with van der Waals surface area (Å²) in [7, 11) is 0. The first kappa shape index (κ1) is 10.7. The fraction of sp³-hybridized carbons (Fsp3) is 0.462. The predicted molar refractivity (Wildman–Crippen MR) is 67.9 cm³/mol. The molecule has 4 heteroatoms. The molecule has 4 nitrogen and oxygen atoms in total. The van der Waals surface area contributed by atoms with Gasteiger partial charge in [0.1, 0.15) is 5.65 Å². The van der Waals surface area contributed by atoms with Gasteiger partial charge in [-0.2, -0.15) is 0 Å². The molecule has 0 radical (unpaired) electrons. The molecule has 1 aliphatic heterocycles. The third-order valence-corrected chi connectivity index (χ3v) is 3.48. The van der Waals surface area contributed by atoms with Crippen molar-refractivity contribution < 1.29 is 0 Å². The van der Waals surface area contributed by atoms with E-state index in [1.807, 2.05) is 24.4 Å². The Hall–Kier alpha value is -1.39. The molecule has 17 heavy (non-hydrogen) atoms. The average Bonchev–Trinajstić information content (AvgIpc) is 2.93. The van der Waals surface area contributed by atoms with E-state index in [2.05, 4.69) is 33.1 Å². The highest BCUT2D eigenvalue weighted by molar-refractivity contribution is 5.39. The summed E-state index contributed by atoms with van der Waals surface area (Å²) in [5.41, 5.74) is 2.33. The van der Waals surface area contributed by atoms with Crippen LogP contribution in [-0.4, -0.2) is 28.0 Å². The Kier molecular flexibility index (Phi) is 2.61. The minimum Gasteiger partial charge on any atom is -0.315 e. The normalized spacial score (nSPS) is 24.5. The van der Waals surface area contributed by atoms with Gasteiger partial charge in [0.25, 0.3) is 0 Å². The molecule has 2 aromatic rings. The summed E-state index contributed by atoms with van der Waals surface area (Å²) in [6.45, 7) is 5.25. The van der Waals surface area contributed by atoms with Crippen LogP contribution in [0.2, 0.25) is 0 Å². The van der Waals surface area contributed by atoms with Crippen LogP contribution >= 0.6 is 0 Å². The van der Waals surface area contributed by atoms with Gasteiger partial charge in [-0.3, -0.25) is 0 Å². The lowest BCUT2D eigenvalue weighted by Crippen LogP contribution is -2.43. The first-order valence-electron chi connectivity index (χ1n) is 6.14. The minimum atomic E-state index is 0.218. The smallest absolute Gasteiger partial charge is 0.137 e. The van der Waals surface area contributed by atoms with Gasteiger partial charge in [0.15, 0.2) is 0 Å². The maximum absolute atomic E-state index is 4.58. The van der Waals surface area contributed by atoms with Crippen LogP contribution in [0.15, 0.2) is 30.6 Å². The van der Waals surface area contributed by atoms with Gasteiger partial charge < -0.3 is 15.0 Å². The molecule has 2 aromatic heterocycles. The van der Waals surface area contributed by atoms with E-state index in [1.54, 1.807) is 0 Å². The van der Waals surface area contributed by atoms with Gasteiger partial charge >= 0.3 is 0 Å². The van der Waals surface area contributed by atoms with E-state index in [0.29, 0.717) is 0 Å². The SMILES string of the molecule is CC1(NCc2cn3ccccc3n2)CCNC1. The number of hydrogen-bond acceptors (Lipinski definition) is 3. The van der Waals surface area contributed by atoms with Gasteiger partial charge in [-0.05, 0) is 32.0 Å². The van der Waals surface area contributed by atoms with Gasteiger partial charge in [-0.15, -0.1) is 0 Å². The highest BCUT2D eigenvalue weighted by atomic mass is 15.1. The Morgan fingerprint density at radius 2 is 2.47 bits per heavy atom. The predicted octanol–water partition coefficient (Wildman–Crippen LogP) is 1.18. The molecule has 0 bridgehead atoms. The summed E-state index contributed by atoms with van der Waals surface area (Å²) in [6, 6.07) is 6.07. The van der Waals surface area contributed by atoms with E-state index in [4.69, 9.17) is 0 Å². The maximum atomic E-state index is 4.58. The summed E-state index contributed by atoms with van der Waals surface area (Å²) >= 11 is 0. The van der Waals surface area contributed by atoms with Crippen molar-refractivity contribution in [3.05, 3.63) is 36.3 Å². The van der Waals surface area contributed by atoms with Crippen molar-refractivity contribution in [1.82, 2.24) is 20.0 Å². The molecule has 3 heterocycles. The van der Waals surface area contributed by atoms with Crippen LogP contribution in [-0.2, 0) is 6.54 Å². The van der Waals surface area contributed by atoms with Crippen LogP contribution in [0.3, 0.4) is 0 Å². The highest BCUT2D eigenvalue weighted by Crippen LogP contribution is 2.14. The summed E-state index contributed by atoms with van der Waals surface area (Å²) in [5, 5.41) is 6.98. The van der Waals surface area contributed by atoms with E-state index < -0.39 is 0 Å². The second-order valence-electron chi connectivity index (χ2n) is 5.04. The average molecular weight is 230 g/mol. The summed E-state index contributed by atoms with van der Waals surface area (Å²) < 4.78 is 2.06. The van der Waals surface area contributed by atoms with E-state index in [1.165, 1.54) is 6.42 Å². The Bertz CT molecular complexity index is 478. The third-order valence-electron chi connectivity index (χ3n) is 3.48. The van der Waals surface area contributed by atoms with Gasteiger partial charge in [0.2, 0.25) is 0 Å². The summed E-state index contributed by atoms with van der Waals surface area (Å²) in [4.78, 5) is 4.58. The van der Waals surface area contributed by atoms with Gasteiger partial charge in [-0.25, -0.2) is 4.98 Å². The number of rotatable bonds is 3. The van der Waals surface area contributed by atoms with Crippen molar-refractivity contribution in [1.29, 1.82) is 0 Å². The molecule has 1 fully saturated rings. The fourth-order valence-corrected chi connectivity index (χ4v) is 2.34. The van der Waals surface area contributed by atoms with E-state index in [0.717, 1.165) is 31.0 Å². The topological polar surface area (TPSA) is 41.4 Å². The lowest BCUT2D eigenvalue weighted by atomic mass is 10.0. The number of nitrogens with one attached hydrogen (secondary N) is 2. The Morgan fingerprint density at radius 3 is 3.24 bits per heavy atom. The van der Waals surface area contributed by atoms with Crippen LogP contribution in [0, 0.1) is 0 Å². The molecule has 0 aromatic carbocycles. The van der Waals surface area contributed by atoms with E-state index >= 15 is 0 Å². The van der Waals surface area contributed by atoms with Crippen LogP contribution < -0.4 is 10.6 Å². The molecule has 0 spiro atoms. The Balaban J connectivity index is 1.72. The second kappa shape index (κ2) is 4.13. The molecule has 3 rings (SSSR count). The number of fused-ring (bicyclic) bond motifs is 1. The van der Waals surface area contributed by atoms with Crippen molar-refractivity contribution in [2.24, 2.45) is 0 Å². The number of aromatic nitrogens is 2. The van der Waals surface area contributed by atoms with Gasteiger partial charge in [0, 0.05) is 31.0 Å². The van der Waals surface area contributed by atoms with Crippen LogP contribution in [0.4, 0.5) is 0 Å². The van der Waals surface area contributed by atoms with Crippen molar-refractivity contribution >= 4 is 5.65 Å². The van der Waals surface area contributed by atoms with Gasteiger partial charge in [-0.1, -0.05) is 6.07 Å². The number of pyridine rings is 1. The van der Waals surface area contributed by atoms with Crippen molar-refractivity contribution in [2.45, 2.75) is 25.4 Å². The maximum Gasteiger partial charge on any atom is 0.137 e.